The highest BCUT2D eigenvalue weighted by Crippen LogP contribution is 2.39. The van der Waals surface area contributed by atoms with Crippen molar-refractivity contribution in [3.05, 3.63) is 40.6 Å². The third-order valence-corrected chi connectivity index (χ3v) is 5.80. The largest absolute Gasteiger partial charge is 0.512 e. The molecule has 4 N–H and O–H groups in total. The Kier molecular flexibility index (Phi) is 8.97. The van der Waals surface area contributed by atoms with Gasteiger partial charge < -0.3 is 20.4 Å². The van der Waals surface area contributed by atoms with Gasteiger partial charge in [0.05, 0.1) is 23.0 Å². The van der Waals surface area contributed by atoms with Crippen LogP contribution < -0.4 is 0 Å². The number of aliphatic hydroxyl groups excluding tert-OH is 3. The summed E-state index contributed by atoms with van der Waals surface area (Å²) in [5.74, 6) is -1.33. The standard InChI is InChI=1S/C20H29NO5S/c22-15(8-5-6-9-18-21-11-12-27-18)20-14(16(23)13-17(20)24)7-3-1-2-4-10-19(25)26/h1,3,8,11-12,14,16-17,20,22-24H,2,4-7,9-10,13H2,(H,25,26)/b3-1-,15-8+/t14?,16-,17+,20?/m0/s1. The number of carboxylic acids is 1. The second kappa shape index (κ2) is 11.2. The molecule has 7 heteroatoms. The fourth-order valence-electron chi connectivity index (χ4n) is 3.57. The Bertz CT molecular complexity index is 628. The number of nitrogens with zero attached hydrogens (tertiary/aromatic N) is 1. The summed E-state index contributed by atoms with van der Waals surface area (Å²) in [5, 5.41) is 42.6. The van der Waals surface area contributed by atoms with Gasteiger partial charge in [-0.25, -0.2) is 4.98 Å². The Morgan fingerprint density at radius 2 is 2.00 bits per heavy atom. The van der Waals surface area contributed by atoms with Crippen LogP contribution in [0.1, 0.15) is 50.0 Å². The third kappa shape index (κ3) is 7.08. The zero-order valence-corrected chi connectivity index (χ0v) is 16.2. The lowest BCUT2D eigenvalue weighted by Gasteiger charge is -2.22. The minimum Gasteiger partial charge on any atom is -0.512 e. The summed E-state index contributed by atoms with van der Waals surface area (Å²) in [6, 6.07) is 0. The van der Waals surface area contributed by atoms with Crippen LogP contribution >= 0.6 is 11.3 Å². The first kappa shape index (κ1) is 21.6. The van der Waals surface area contributed by atoms with Crippen molar-refractivity contribution in [2.24, 2.45) is 11.8 Å². The number of thiazole rings is 1. The maximum atomic E-state index is 10.5. The van der Waals surface area contributed by atoms with Crippen LogP contribution in [0.5, 0.6) is 0 Å². The molecule has 6 nitrogen and oxygen atoms in total. The Morgan fingerprint density at radius 3 is 2.70 bits per heavy atom. The Morgan fingerprint density at radius 1 is 1.19 bits per heavy atom. The van der Waals surface area contributed by atoms with Crippen LogP contribution in [0.2, 0.25) is 0 Å². The highest BCUT2D eigenvalue weighted by molar-refractivity contribution is 7.09. The fraction of sp³-hybridized carbons (Fsp3) is 0.600. The third-order valence-electron chi connectivity index (χ3n) is 4.96. The quantitative estimate of drug-likeness (QED) is 0.259. The first-order valence-corrected chi connectivity index (χ1v) is 10.4. The van der Waals surface area contributed by atoms with Crippen LogP contribution in [-0.2, 0) is 11.2 Å². The zero-order valence-electron chi connectivity index (χ0n) is 15.4. The minimum atomic E-state index is -0.803. The van der Waals surface area contributed by atoms with E-state index in [9.17, 15) is 20.1 Å². The van der Waals surface area contributed by atoms with Gasteiger partial charge in [-0.2, -0.15) is 0 Å². The summed E-state index contributed by atoms with van der Waals surface area (Å²) < 4.78 is 0. The monoisotopic (exact) mass is 395 g/mol. The van der Waals surface area contributed by atoms with E-state index in [4.69, 9.17) is 5.11 Å². The molecule has 2 unspecified atom stereocenters. The molecule has 150 valence electrons. The van der Waals surface area contributed by atoms with Crippen LogP contribution in [0.15, 0.2) is 35.6 Å². The lowest BCUT2D eigenvalue weighted by atomic mass is 9.88. The van der Waals surface area contributed by atoms with Gasteiger partial charge in [-0.05, 0) is 44.6 Å². The second-order valence-corrected chi connectivity index (χ2v) is 7.98. The van der Waals surface area contributed by atoms with Gasteiger partial charge in [0, 0.05) is 36.3 Å². The summed E-state index contributed by atoms with van der Waals surface area (Å²) >= 11 is 1.62. The summed E-state index contributed by atoms with van der Waals surface area (Å²) in [4.78, 5) is 14.7. The van der Waals surface area contributed by atoms with Crippen LogP contribution in [0, 0.1) is 11.8 Å². The molecule has 1 heterocycles. The summed E-state index contributed by atoms with van der Waals surface area (Å²) in [6.07, 6.45) is 10.6. The summed E-state index contributed by atoms with van der Waals surface area (Å²) in [5.41, 5.74) is 0. The van der Waals surface area contributed by atoms with Gasteiger partial charge >= 0.3 is 5.97 Å². The van der Waals surface area contributed by atoms with Crippen LogP contribution in [-0.4, -0.2) is 43.6 Å². The van der Waals surface area contributed by atoms with Gasteiger partial charge in [0.25, 0.3) is 0 Å². The number of hydrogen-bond donors (Lipinski definition) is 4. The van der Waals surface area contributed by atoms with E-state index >= 15 is 0 Å². The average molecular weight is 396 g/mol. The Balaban J connectivity index is 1.82. The highest BCUT2D eigenvalue weighted by Gasteiger charge is 2.43. The molecule has 1 fully saturated rings. The predicted molar refractivity (Wildman–Crippen MR) is 105 cm³/mol. The van der Waals surface area contributed by atoms with E-state index in [1.54, 1.807) is 23.6 Å². The van der Waals surface area contributed by atoms with Crippen molar-refractivity contribution in [3.63, 3.8) is 0 Å². The van der Waals surface area contributed by atoms with Crippen molar-refractivity contribution in [3.8, 4) is 0 Å². The normalized spacial score (nSPS) is 26.1. The van der Waals surface area contributed by atoms with E-state index in [-0.39, 0.29) is 24.5 Å². The molecule has 1 saturated carbocycles. The zero-order chi connectivity index (χ0) is 19.6. The number of carboxylic acid groups (broad SMARTS) is 1. The van der Waals surface area contributed by atoms with Crippen LogP contribution in [0.4, 0.5) is 0 Å². The molecule has 0 spiro atoms. The number of aromatic nitrogens is 1. The van der Waals surface area contributed by atoms with Crippen molar-refractivity contribution in [1.29, 1.82) is 0 Å². The van der Waals surface area contributed by atoms with Crippen molar-refractivity contribution in [2.45, 2.75) is 63.6 Å². The molecule has 0 aromatic carbocycles. The molecule has 0 aliphatic heterocycles. The smallest absolute Gasteiger partial charge is 0.303 e. The van der Waals surface area contributed by atoms with Gasteiger partial charge in [0.1, 0.15) is 0 Å². The SMILES string of the molecule is O=C(O)CCC/C=C\CC1C(/C(O)=C\CCCc2nccs2)[C@H](O)C[C@@H]1O. The number of aryl methyl sites for hydroxylation is 1. The maximum Gasteiger partial charge on any atom is 0.303 e. The first-order chi connectivity index (χ1) is 13.0. The van der Waals surface area contributed by atoms with Crippen LogP contribution in [0.25, 0.3) is 0 Å². The fourth-order valence-corrected chi connectivity index (χ4v) is 4.23. The Hall–Kier alpha value is -1.70. The molecule has 0 radical (unpaired) electrons. The molecule has 0 bridgehead atoms. The van der Waals surface area contributed by atoms with E-state index in [2.05, 4.69) is 4.98 Å². The van der Waals surface area contributed by atoms with E-state index < -0.39 is 24.1 Å². The molecule has 27 heavy (non-hydrogen) atoms. The maximum absolute atomic E-state index is 10.5. The Labute approximate surface area is 163 Å². The molecule has 1 aromatic rings. The number of hydrogen-bond acceptors (Lipinski definition) is 6. The molecular weight excluding hydrogens is 366 g/mol. The minimum absolute atomic E-state index is 0.141. The molecule has 0 saturated heterocycles. The molecule has 1 aliphatic carbocycles. The molecular formula is C20H29NO5S. The number of unbranched alkanes of at least 4 members (excludes halogenated alkanes) is 2. The van der Waals surface area contributed by atoms with Gasteiger partial charge in [-0.3, -0.25) is 4.79 Å². The van der Waals surface area contributed by atoms with Gasteiger partial charge in [-0.15, -0.1) is 11.3 Å². The molecule has 2 rings (SSSR count). The number of rotatable bonds is 11. The number of allylic oxidation sites excluding steroid dienone is 3. The van der Waals surface area contributed by atoms with E-state index in [0.29, 0.717) is 25.7 Å². The van der Waals surface area contributed by atoms with Crippen molar-refractivity contribution >= 4 is 17.3 Å². The number of aliphatic carboxylic acids is 1. The van der Waals surface area contributed by atoms with Crippen LogP contribution in [0.3, 0.4) is 0 Å². The molecule has 0 amide bonds. The van der Waals surface area contributed by atoms with Crippen molar-refractivity contribution in [2.75, 3.05) is 0 Å². The lowest BCUT2D eigenvalue weighted by molar-refractivity contribution is -0.137. The van der Waals surface area contributed by atoms with Gasteiger partial charge in [-0.1, -0.05) is 12.2 Å². The van der Waals surface area contributed by atoms with E-state index in [1.807, 2.05) is 17.5 Å². The van der Waals surface area contributed by atoms with Crippen molar-refractivity contribution < 1.29 is 25.2 Å². The van der Waals surface area contributed by atoms with E-state index in [1.165, 1.54) is 0 Å². The lowest BCUT2D eigenvalue weighted by Crippen LogP contribution is -2.23. The van der Waals surface area contributed by atoms with Crippen molar-refractivity contribution in [1.82, 2.24) is 4.98 Å². The highest BCUT2D eigenvalue weighted by atomic mass is 32.1. The van der Waals surface area contributed by atoms with Gasteiger partial charge in [0.2, 0.25) is 0 Å². The average Bonchev–Trinajstić information content (AvgIpc) is 3.22. The number of carbonyl (C=O) groups is 1. The predicted octanol–water partition coefficient (Wildman–Crippen LogP) is 3.47. The summed E-state index contributed by atoms with van der Waals surface area (Å²) in [6.45, 7) is 0. The summed E-state index contributed by atoms with van der Waals surface area (Å²) in [7, 11) is 0. The van der Waals surface area contributed by atoms with Gasteiger partial charge in [0.15, 0.2) is 0 Å². The second-order valence-electron chi connectivity index (χ2n) is 7.00. The molecule has 4 atom stereocenters. The topological polar surface area (TPSA) is 111 Å². The molecule has 1 aromatic heterocycles. The number of aliphatic hydroxyl groups is 3. The first-order valence-electron chi connectivity index (χ1n) is 9.49. The molecule has 1 aliphatic rings. The van der Waals surface area contributed by atoms with E-state index in [0.717, 1.165) is 17.8 Å².